The molecule has 5 nitrogen and oxygen atoms in total. The molecule has 0 fully saturated rings. The number of hydrogen-bond acceptors (Lipinski definition) is 4. The molecule has 0 aromatic heterocycles. The van der Waals surface area contributed by atoms with E-state index in [4.69, 9.17) is 0 Å². The third-order valence-electron chi connectivity index (χ3n) is 3.01. The number of sulfone groups is 1. The van der Waals surface area contributed by atoms with E-state index < -0.39 is 26.3 Å². The van der Waals surface area contributed by atoms with E-state index >= 15 is 0 Å². The molecule has 0 bridgehead atoms. The van der Waals surface area contributed by atoms with Crippen LogP contribution >= 0.6 is 0 Å². The van der Waals surface area contributed by atoms with Gasteiger partial charge >= 0.3 is 5.69 Å². The van der Waals surface area contributed by atoms with Gasteiger partial charge in [0.05, 0.1) is 9.82 Å². The quantitative estimate of drug-likeness (QED) is 0.642. The lowest BCUT2D eigenvalue weighted by Crippen LogP contribution is -2.04. The Morgan fingerprint density at radius 2 is 1.71 bits per heavy atom. The summed E-state index contributed by atoms with van der Waals surface area (Å²) in [6.45, 7) is 0. The molecular weight excluding hydrogens is 297 g/mol. The van der Waals surface area contributed by atoms with E-state index in [0.717, 1.165) is 12.3 Å². The fourth-order valence-corrected chi connectivity index (χ4v) is 3.00. The minimum atomic E-state index is -3.45. The third kappa shape index (κ3) is 3.25. The van der Waals surface area contributed by atoms with Crippen molar-refractivity contribution in [2.24, 2.45) is 0 Å². The topological polar surface area (TPSA) is 77.3 Å². The zero-order chi connectivity index (χ0) is 15.6. The highest BCUT2D eigenvalue weighted by atomic mass is 32.2. The van der Waals surface area contributed by atoms with E-state index in [0.29, 0.717) is 5.56 Å². The molecule has 0 unspecified atom stereocenters. The maximum absolute atomic E-state index is 14.0. The number of halogens is 1. The molecule has 0 aliphatic carbocycles. The molecule has 0 aliphatic rings. The number of benzene rings is 2. The van der Waals surface area contributed by atoms with Gasteiger partial charge in [-0.25, -0.2) is 8.42 Å². The Labute approximate surface area is 121 Å². The third-order valence-corrected chi connectivity index (χ3v) is 4.21. The van der Waals surface area contributed by atoms with Gasteiger partial charge in [-0.2, -0.15) is 4.39 Å². The van der Waals surface area contributed by atoms with E-state index in [2.05, 4.69) is 0 Å². The molecule has 0 spiro atoms. The highest BCUT2D eigenvalue weighted by Crippen LogP contribution is 2.25. The fraction of sp³-hybridized carbons (Fsp3) is 0.143. The lowest BCUT2D eigenvalue weighted by molar-refractivity contribution is -0.387. The van der Waals surface area contributed by atoms with Crippen molar-refractivity contribution in [1.82, 2.24) is 0 Å². The number of hydrogen-bond donors (Lipinski definition) is 0. The molecule has 110 valence electrons. The molecule has 7 heteroatoms. The summed E-state index contributed by atoms with van der Waals surface area (Å²) in [5, 5.41) is 10.7. The summed E-state index contributed by atoms with van der Waals surface area (Å²) in [4.78, 5) is 10.0. The number of rotatable bonds is 4. The number of nitro benzene ring substituents is 1. The van der Waals surface area contributed by atoms with Gasteiger partial charge in [0.25, 0.3) is 0 Å². The molecule has 2 rings (SSSR count). The second-order valence-corrected chi connectivity index (χ2v) is 6.55. The van der Waals surface area contributed by atoms with Gasteiger partial charge in [-0.15, -0.1) is 0 Å². The molecular formula is C14H12FNO4S. The van der Waals surface area contributed by atoms with Crippen molar-refractivity contribution in [1.29, 1.82) is 0 Å². The molecule has 0 radical (unpaired) electrons. The van der Waals surface area contributed by atoms with Crippen LogP contribution in [-0.2, 0) is 16.3 Å². The van der Waals surface area contributed by atoms with E-state index in [9.17, 15) is 22.9 Å². The van der Waals surface area contributed by atoms with Gasteiger partial charge in [-0.05, 0) is 17.2 Å². The molecule has 0 heterocycles. The maximum Gasteiger partial charge on any atom is 0.305 e. The summed E-state index contributed by atoms with van der Waals surface area (Å²) >= 11 is 0. The Bertz CT molecular complexity index is 802. The van der Waals surface area contributed by atoms with Gasteiger partial charge in [0, 0.05) is 18.7 Å². The van der Waals surface area contributed by atoms with Crippen molar-refractivity contribution in [2.75, 3.05) is 6.26 Å². The number of nitro groups is 1. The van der Waals surface area contributed by atoms with Gasteiger partial charge < -0.3 is 0 Å². The standard InChI is InChI=1S/C14H12FNO4S/c1-21(19,20)13-8-3-2-5-10(13)9-11-6-4-7-12(14(11)15)16(17)18/h2-8H,9H2,1H3. The lowest BCUT2D eigenvalue weighted by Gasteiger charge is -2.08. The maximum atomic E-state index is 14.0. The van der Waals surface area contributed by atoms with Crippen molar-refractivity contribution < 1.29 is 17.7 Å². The average Bonchev–Trinajstić information content (AvgIpc) is 2.40. The predicted molar refractivity (Wildman–Crippen MR) is 75.4 cm³/mol. The molecule has 0 amide bonds. The Morgan fingerprint density at radius 1 is 1.10 bits per heavy atom. The zero-order valence-electron chi connectivity index (χ0n) is 11.1. The first kappa shape index (κ1) is 15.1. The van der Waals surface area contributed by atoms with E-state index in [1.807, 2.05) is 0 Å². The minimum absolute atomic E-state index is 0.0310. The Hall–Kier alpha value is -2.28. The van der Waals surface area contributed by atoms with Crippen LogP contribution in [0, 0.1) is 15.9 Å². The first-order chi connectivity index (χ1) is 9.80. The van der Waals surface area contributed by atoms with Gasteiger partial charge in [-0.1, -0.05) is 30.3 Å². The summed E-state index contributed by atoms with van der Waals surface area (Å²) < 4.78 is 37.5. The van der Waals surface area contributed by atoms with Crippen LogP contribution in [0.25, 0.3) is 0 Å². The van der Waals surface area contributed by atoms with Crippen molar-refractivity contribution in [3.8, 4) is 0 Å². The van der Waals surface area contributed by atoms with Crippen molar-refractivity contribution in [3.63, 3.8) is 0 Å². The molecule has 0 saturated carbocycles. The summed E-state index contributed by atoms with van der Waals surface area (Å²) in [5.41, 5.74) is -0.135. The predicted octanol–water partition coefficient (Wildman–Crippen LogP) is 2.73. The van der Waals surface area contributed by atoms with Crippen molar-refractivity contribution in [2.45, 2.75) is 11.3 Å². The Balaban J connectivity index is 2.50. The molecule has 0 N–H and O–H groups in total. The second kappa shape index (κ2) is 5.61. The van der Waals surface area contributed by atoms with Gasteiger partial charge in [0.2, 0.25) is 5.82 Å². The van der Waals surface area contributed by atoms with Crippen LogP contribution in [0.1, 0.15) is 11.1 Å². The van der Waals surface area contributed by atoms with Crippen LogP contribution in [-0.4, -0.2) is 19.6 Å². The van der Waals surface area contributed by atoms with Crippen LogP contribution in [0.3, 0.4) is 0 Å². The minimum Gasteiger partial charge on any atom is -0.258 e. The van der Waals surface area contributed by atoms with Crippen LogP contribution < -0.4 is 0 Å². The van der Waals surface area contributed by atoms with Gasteiger partial charge in [0.15, 0.2) is 9.84 Å². The second-order valence-electron chi connectivity index (χ2n) is 4.56. The van der Waals surface area contributed by atoms with Crippen LogP contribution in [0.5, 0.6) is 0 Å². The van der Waals surface area contributed by atoms with Crippen LogP contribution in [0.15, 0.2) is 47.4 Å². The van der Waals surface area contributed by atoms with Crippen LogP contribution in [0.4, 0.5) is 10.1 Å². The SMILES string of the molecule is CS(=O)(=O)c1ccccc1Cc1cccc([N+](=O)[O-])c1F. The first-order valence-electron chi connectivity index (χ1n) is 6.00. The van der Waals surface area contributed by atoms with Crippen molar-refractivity contribution >= 4 is 15.5 Å². The molecule has 2 aromatic carbocycles. The molecule has 0 atom stereocenters. The molecule has 0 saturated heterocycles. The smallest absolute Gasteiger partial charge is 0.258 e. The average molecular weight is 309 g/mol. The highest BCUT2D eigenvalue weighted by molar-refractivity contribution is 7.90. The zero-order valence-corrected chi connectivity index (χ0v) is 11.9. The molecule has 0 aliphatic heterocycles. The summed E-state index contributed by atoms with van der Waals surface area (Å²) in [5.74, 6) is -0.939. The largest absolute Gasteiger partial charge is 0.305 e. The van der Waals surface area contributed by atoms with Crippen LogP contribution in [0.2, 0.25) is 0 Å². The first-order valence-corrected chi connectivity index (χ1v) is 7.89. The van der Waals surface area contributed by atoms with E-state index in [1.54, 1.807) is 18.2 Å². The summed E-state index contributed by atoms with van der Waals surface area (Å²) in [6, 6.07) is 10.1. The molecule has 21 heavy (non-hydrogen) atoms. The lowest BCUT2D eigenvalue weighted by atomic mass is 10.0. The summed E-state index contributed by atoms with van der Waals surface area (Å²) in [6.07, 6.45) is 1.03. The highest BCUT2D eigenvalue weighted by Gasteiger charge is 2.19. The molecule has 2 aromatic rings. The van der Waals surface area contributed by atoms with Crippen molar-refractivity contribution in [3.05, 3.63) is 69.5 Å². The van der Waals surface area contributed by atoms with Gasteiger partial charge in [0.1, 0.15) is 0 Å². The number of nitrogens with zero attached hydrogens (tertiary/aromatic N) is 1. The summed E-state index contributed by atoms with van der Waals surface area (Å²) in [7, 11) is -3.45. The fourth-order valence-electron chi connectivity index (χ4n) is 2.06. The van der Waals surface area contributed by atoms with Gasteiger partial charge in [-0.3, -0.25) is 10.1 Å². The normalized spacial score (nSPS) is 11.3. The van der Waals surface area contributed by atoms with E-state index in [1.165, 1.54) is 18.2 Å². The Morgan fingerprint density at radius 3 is 2.33 bits per heavy atom. The van der Waals surface area contributed by atoms with E-state index in [-0.39, 0.29) is 16.9 Å². The monoisotopic (exact) mass is 309 g/mol. The Kier molecular flexibility index (Phi) is 4.04.